The molecule has 0 atom stereocenters. The van der Waals surface area contributed by atoms with Gasteiger partial charge in [-0.25, -0.2) is 4.79 Å². The Labute approximate surface area is 151 Å². The SMILES string of the molecule is COc1ccc(Cl)cc1NC(=O)Nc1cnn(CC2CCOCC2)c1. The second-order valence-corrected chi connectivity index (χ2v) is 6.37. The van der Waals surface area contributed by atoms with E-state index in [9.17, 15) is 4.79 Å². The van der Waals surface area contributed by atoms with E-state index >= 15 is 0 Å². The van der Waals surface area contributed by atoms with Crippen molar-refractivity contribution >= 4 is 29.0 Å². The number of carbonyl (C=O) groups is 1. The van der Waals surface area contributed by atoms with Gasteiger partial charge in [0.15, 0.2) is 0 Å². The van der Waals surface area contributed by atoms with E-state index in [0.717, 1.165) is 32.6 Å². The van der Waals surface area contributed by atoms with Gasteiger partial charge in [0.1, 0.15) is 5.75 Å². The second kappa shape index (κ2) is 8.22. The van der Waals surface area contributed by atoms with Gasteiger partial charge < -0.3 is 20.1 Å². The molecule has 1 fully saturated rings. The smallest absolute Gasteiger partial charge is 0.323 e. The molecule has 8 heteroatoms. The number of hydrogen-bond acceptors (Lipinski definition) is 4. The summed E-state index contributed by atoms with van der Waals surface area (Å²) in [5, 5.41) is 10.3. The van der Waals surface area contributed by atoms with Crippen molar-refractivity contribution in [3.8, 4) is 5.75 Å². The third-order valence-corrected chi connectivity index (χ3v) is 4.32. The number of urea groups is 1. The number of hydrogen-bond donors (Lipinski definition) is 2. The first-order chi connectivity index (χ1) is 12.1. The number of nitrogens with one attached hydrogen (secondary N) is 2. The van der Waals surface area contributed by atoms with Crippen molar-refractivity contribution in [2.24, 2.45) is 5.92 Å². The van der Waals surface area contributed by atoms with E-state index in [-0.39, 0.29) is 6.03 Å². The van der Waals surface area contributed by atoms with Crippen LogP contribution in [0, 0.1) is 5.92 Å². The lowest BCUT2D eigenvalue weighted by Crippen LogP contribution is -2.21. The van der Waals surface area contributed by atoms with Crippen LogP contribution in [0.1, 0.15) is 12.8 Å². The summed E-state index contributed by atoms with van der Waals surface area (Å²) in [7, 11) is 1.53. The molecule has 0 saturated carbocycles. The highest BCUT2D eigenvalue weighted by Gasteiger charge is 2.15. The van der Waals surface area contributed by atoms with Gasteiger partial charge in [-0.1, -0.05) is 11.6 Å². The minimum Gasteiger partial charge on any atom is -0.495 e. The summed E-state index contributed by atoms with van der Waals surface area (Å²) in [4.78, 5) is 12.2. The summed E-state index contributed by atoms with van der Waals surface area (Å²) in [6.45, 7) is 2.44. The van der Waals surface area contributed by atoms with Crippen molar-refractivity contribution in [2.45, 2.75) is 19.4 Å². The summed E-state index contributed by atoms with van der Waals surface area (Å²) < 4.78 is 12.4. The highest BCUT2D eigenvalue weighted by atomic mass is 35.5. The number of aromatic nitrogens is 2. The van der Waals surface area contributed by atoms with Crippen LogP contribution in [0.2, 0.25) is 5.02 Å². The lowest BCUT2D eigenvalue weighted by Gasteiger charge is -2.21. The fourth-order valence-corrected chi connectivity index (χ4v) is 2.96. The van der Waals surface area contributed by atoms with Crippen LogP contribution in [-0.2, 0) is 11.3 Å². The molecule has 1 aliphatic rings. The maximum atomic E-state index is 12.2. The average Bonchev–Trinajstić information content (AvgIpc) is 3.02. The van der Waals surface area contributed by atoms with Gasteiger partial charge >= 0.3 is 6.03 Å². The number of methoxy groups -OCH3 is 1. The molecule has 134 valence electrons. The Morgan fingerprint density at radius 3 is 2.96 bits per heavy atom. The zero-order valence-electron chi connectivity index (χ0n) is 14.0. The van der Waals surface area contributed by atoms with E-state index in [0.29, 0.717) is 28.1 Å². The molecular formula is C17H21ClN4O3. The van der Waals surface area contributed by atoms with E-state index in [1.54, 1.807) is 24.4 Å². The third kappa shape index (κ3) is 4.87. The average molecular weight is 365 g/mol. The van der Waals surface area contributed by atoms with E-state index in [2.05, 4.69) is 15.7 Å². The van der Waals surface area contributed by atoms with Crippen LogP contribution in [0.25, 0.3) is 0 Å². The molecule has 1 aliphatic heterocycles. The Morgan fingerprint density at radius 1 is 1.40 bits per heavy atom. The van der Waals surface area contributed by atoms with Gasteiger partial charge in [0.05, 0.1) is 24.7 Å². The molecule has 2 amide bonds. The van der Waals surface area contributed by atoms with Crippen LogP contribution < -0.4 is 15.4 Å². The van der Waals surface area contributed by atoms with Crippen LogP contribution in [0.5, 0.6) is 5.75 Å². The third-order valence-electron chi connectivity index (χ3n) is 4.09. The largest absolute Gasteiger partial charge is 0.495 e. The topological polar surface area (TPSA) is 77.4 Å². The zero-order valence-corrected chi connectivity index (χ0v) is 14.8. The number of nitrogens with zero attached hydrogens (tertiary/aromatic N) is 2. The first-order valence-electron chi connectivity index (χ1n) is 8.16. The lowest BCUT2D eigenvalue weighted by atomic mass is 10.0. The van der Waals surface area contributed by atoms with Crippen molar-refractivity contribution < 1.29 is 14.3 Å². The van der Waals surface area contributed by atoms with Gasteiger partial charge in [-0.05, 0) is 37.0 Å². The molecule has 0 spiro atoms. The monoisotopic (exact) mass is 364 g/mol. The predicted molar refractivity (Wildman–Crippen MR) is 96.4 cm³/mol. The Kier molecular flexibility index (Phi) is 5.78. The Hall–Kier alpha value is -2.25. The van der Waals surface area contributed by atoms with Gasteiger partial charge in [-0.2, -0.15) is 5.10 Å². The number of ether oxygens (including phenoxy) is 2. The number of rotatable bonds is 5. The maximum absolute atomic E-state index is 12.2. The Balaban J connectivity index is 1.57. The molecule has 25 heavy (non-hydrogen) atoms. The molecule has 1 aromatic heterocycles. The number of amides is 2. The van der Waals surface area contributed by atoms with Crippen molar-refractivity contribution in [1.29, 1.82) is 0 Å². The molecule has 2 heterocycles. The van der Waals surface area contributed by atoms with Crippen molar-refractivity contribution in [3.05, 3.63) is 35.6 Å². The van der Waals surface area contributed by atoms with Crippen molar-refractivity contribution in [3.63, 3.8) is 0 Å². The normalized spacial score (nSPS) is 15.0. The fourth-order valence-electron chi connectivity index (χ4n) is 2.78. The zero-order chi connectivity index (χ0) is 17.6. The second-order valence-electron chi connectivity index (χ2n) is 5.93. The predicted octanol–water partition coefficient (Wildman–Crippen LogP) is 3.62. The van der Waals surface area contributed by atoms with Crippen molar-refractivity contribution in [1.82, 2.24) is 9.78 Å². The molecule has 0 unspecified atom stereocenters. The summed E-state index contributed by atoms with van der Waals surface area (Å²) >= 11 is 5.96. The molecule has 0 bridgehead atoms. The fraction of sp³-hybridized carbons (Fsp3) is 0.412. The Bertz CT molecular complexity index is 728. The first-order valence-corrected chi connectivity index (χ1v) is 8.53. The molecule has 2 N–H and O–H groups in total. The molecule has 1 aromatic carbocycles. The maximum Gasteiger partial charge on any atom is 0.323 e. The standard InChI is InChI=1S/C17H21ClN4O3/c1-24-16-3-2-13(18)8-15(16)21-17(23)20-14-9-19-22(11-14)10-12-4-6-25-7-5-12/h2-3,8-9,11-12H,4-7,10H2,1H3,(H2,20,21,23). The van der Waals surface area contributed by atoms with Gasteiger partial charge in [0, 0.05) is 31.0 Å². The first kappa shape index (κ1) is 17.6. The highest BCUT2D eigenvalue weighted by Crippen LogP contribution is 2.27. The number of carbonyl (C=O) groups excluding carboxylic acids is 1. The lowest BCUT2D eigenvalue weighted by molar-refractivity contribution is 0.0601. The molecule has 3 rings (SSSR count). The van der Waals surface area contributed by atoms with E-state index in [1.165, 1.54) is 7.11 Å². The van der Waals surface area contributed by atoms with Gasteiger partial charge in [0.2, 0.25) is 0 Å². The highest BCUT2D eigenvalue weighted by molar-refractivity contribution is 6.31. The van der Waals surface area contributed by atoms with E-state index in [1.807, 2.05) is 10.9 Å². The number of benzene rings is 1. The van der Waals surface area contributed by atoms with Gasteiger partial charge in [-0.15, -0.1) is 0 Å². The van der Waals surface area contributed by atoms with Crippen LogP contribution in [-0.4, -0.2) is 36.1 Å². The summed E-state index contributed by atoms with van der Waals surface area (Å²) in [5.74, 6) is 1.10. The summed E-state index contributed by atoms with van der Waals surface area (Å²) in [6.07, 6.45) is 5.54. The molecule has 0 aliphatic carbocycles. The summed E-state index contributed by atoms with van der Waals surface area (Å²) in [5.41, 5.74) is 1.13. The quantitative estimate of drug-likeness (QED) is 0.849. The van der Waals surface area contributed by atoms with E-state index in [4.69, 9.17) is 21.1 Å². The van der Waals surface area contributed by atoms with Crippen LogP contribution in [0.4, 0.5) is 16.2 Å². The van der Waals surface area contributed by atoms with Gasteiger partial charge in [-0.3, -0.25) is 4.68 Å². The van der Waals surface area contributed by atoms with Crippen LogP contribution in [0.15, 0.2) is 30.6 Å². The van der Waals surface area contributed by atoms with Crippen LogP contribution >= 0.6 is 11.6 Å². The molecule has 7 nitrogen and oxygen atoms in total. The molecular weight excluding hydrogens is 344 g/mol. The number of anilines is 2. The molecule has 2 aromatic rings. The van der Waals surface area contributed by atoms with Gasteiger partial charge in [0.25, 0.3) is 0 Å². The molecule has 0 radical (unpaired) electrons. The van der Waals surface area contributed by atoms with Crippen LogP contribution in [0.3, 0.4) is 0 Å². The summed E-state index contributed by atoms with van der Waals surface area (Å²) in [6, 6.07) is 4.65. The minimum atomic E-state index is -0.383. The minimum absolute atomic E-state index is 0.383. The number of halogens is 1. The van der Waals surface area contributed by atoms with Crippen molar-refractivity contribution in [2.75, 3.05) is 31.0 Å². The molecule has 1 saturated heterocycles. The Morgan fingerprint density at radius 2 is 2.20 bits per heavy atom. The van der Waals surface area contributed by atoms with E-state index < -0.39 is 0 Å².